The van der Waals surface area contributed by atoms with Gasteiger partial charge in [0.2, 0.25) is 0 Å². The minimum atomic E-state index is -3.78. The van der Waals surface area contributed by atoms with Gasteiger partial charge in [0, 0.05) is 0 Å². The molecule has 0 radical (unpaired) electrons. The number of rotatable bonds is 8. The number of esters is 1. The number of carbonyl (C=O) groups is 1. The molecule has 0 bridgehead atoms. The summed E-state index contributed by atoms with van der Waals surface area (Å²) in [4.78, 5) is 11.3. The van der Waals surface area contributed by atoms with E-state index in [0.29, 0.717) is 17.2 Å². The first-order chi connectivity index (χ1) is 12.0. The zero-order valence-electron chi connectivity index (χ0n) is 13.9. The molecule has 0 unspecified atom stereocenters. The molecular weight excluding hydrogens is 346 g/mol. The van der Waals surface area contributed by atoms with E-state index >= 15 is 0 Å². The molecule has 0 spiro atoms. The smallest absolute Gasteiger partial charge is 0.344 e. The highest BCUT2D eigenvalue weighted by atomic mass is 32.2. The van der Waals surface area contributed by atoms with Crippen molar-refractivity contribution >= 4 is 21.7 Å². The minimum Gasteiger partial charge on any atom is -0.495 e. The quantitative estimate of drug-likeness (QED) is 0.723. The van der Waals surface area contributed by atoms with Crippen LogP contribution in [0.2, 0.25) is 0 Å². The van der Waals surface area contributed by atoms with Crippen molar-refractivity contribution in [3.8, 4) is 11.5 Å². The minimum absolute atomic E-state index is 0.0573. The summed E-state index contributed by atoms with van der Waals surface area (Å²) in [6, 6.07) is 12.4. The van der Waals surface area contributed by atoms with E-state index in [2.05, 4.69) is 4.72 Å². The van der Waals surface area contributed by atoms with Crippen LogP contribution in [0, 0.1) is 0 Å². The number of ether oxygens (including phenoxy) is 3. The molecule has 0 aliphatic carbocycles. The molecule has 0 atom stereocenters. The summed E-state index contributed by atoms with van der Waals surface area (Å²) in [6.07, 6.45) is 0. The molecule has 0 saturated carbocycles. The maximum absolute atomic E-state index is 12.5. The van der Waals surface area contributed by atoms with Gasteiger partial charge < -0.3 is 14.2 Å². The Morgan fingerprint density at radius 1 is 1.08 bits per heavy atom. The lowest BCUT2D eigenvalue weighted by molar-refractivity contribution is -0.145. The number of nitrogens with one attached hydrogen (secondary N) is 1. The van der Waals surface area contributed by atoms with Crippen LogP contribution in [0.25, 0.3) is 0 Å². The zero-order valence-corrected chi connectivity index (χ0v) is 14.7. The lowest BCUT2D eigenvalue weighted by atomic mass is 10.3. The highest BCUT2D eigenvalue weighted by Crippen LogP contribution is 2.26. The summed E-state index contributed by atoms with van der Waals surface area (Å²) in [5.41, 5.74) is 0.340. The molecule has 2 aromatic rings. The molecule has 7 nitrogen and oxygen atoms in total. The van der Waals surface area contributed by atoms with Crippen molar-refractivity contribution in [2.24, 2.45) is 0 Å². The van der Waals surface area contributed by atoms with Crippen LogP contribution in [-0.2, 0) is 19.6 Å². The molecular formula is C17H19NO6S. The maximum atomic E-state index is 12.5. The van der Waals surface area contributed by atoms with Gasteiger partial charge >= 0.3 is 5.97 Å². The van der Waals surface area contributed by atoms with Crippen molar-refractivity contribution < 1.29 is 27.4 Å². The summed E-state index contributed by atoms with van der Waals surface area (Å²) in [5.74, 6) is 0.293. The van der Waals surface area contributed by atoms with Crippen molar-refractivity contribution in [1.29, 1.82) is 0 Å². The third-order valence-electron chi connectivity index (χ3n) is 3.15. The second kappa shape index (κ2) is 8.39. The molecule has 0 aliphatic rings. The fourth-order valence-corrected chi connectivity index (χ4v) is 3.06. The van der Waals surface area contributed by atoms with E-state index in [1.807, 2.05) is 0 Å². The second-order valence-electron chi connectivity index (χ2n) is 4.87. The van der Waals surface area contributed by atoms with Crippen LogP contribution in [-0.4, -0.2) is 34.7 Å². The Balaban J connectivity index is 2.08. The molecule has 0 aromatic heterocycles. The SMILES string of the molecule is CCOC(=O)COc1ccc(S(=O)(=O)Nc2ccccc2OC)cc1. The van der Waals surface area contributed by atoms with Gasteiger partial charge in [-0.3, -0.25) is 4.72 Å². The number of sulfonamides is 1. The lowest BCUT2D eigenvalue weighted by Crippen LogP contribution is -2.15. The van der Waals surface area contributed by atoms with Crippen molar-refractivity contribution in [2.45, 2.75) is 11.8 Å². The van der Waals surface area contributed by atoms with Gasteiger partial charge in [-0.25, -0.2) is 13.2 Å². The molecule has 0 saturated heterocycles. The molecule has 0 fully saturated rings. The van der Waals surface area contributed by atoms with Crippen LogP contribution in [0.1, 0.15) is 6.92 Å². The van der Waals surface area contributed by atoms with Gasteiger partial charge in [0.25, 0.3) is 10.0 Å². The van der Waals surface area contributed by atoms with Gasteiger partial charge in [0.1, 0.15) is 11.5 Å². The molecule has 0 heterocycles. The van der Waals surface area contributed by atoms with Crippen LogP contribution in [0.5, 0.6) is 11.5 Å². The van der Waals surface area contributed by atoms with Crippen molar-refractivity contribution in [3.05, 3.63) is 48.5 Å². The van der Waals surface area contributed by atoms with Gasteiger partial charge in [-0.15, -0.1) is 0 Å². The average Bonchev–Trinajstić information content (AvgIpc) is 2.61. The largest absolute Gasteiger partial charge is 0.495 e. The van der Waals surface area contributed by atoms with Crippen LogP contribution in [0.4, 0.5) is 5.69 Å². The van der Waals surface area contributed by atoms with E-state index in [1.54, 1.807) is 31.2 Å². The number of anilines is 1. The first kappa shape index (κ1) is 18.6. The molecule has 134 valence electrons. The Morgan fingerprint density at radius 2 is 1.76 bits per heavy atom. The number of methoxy groups -OCH3 is 1. The molecule has 25 heavy (non-hydrogen) atoms. The Morgan fingerprint density at radius 3 is 2.40 bits per heavy atom. The zero-order chi connectivity index (χ0) is 18.3. The predicted octanol–water partition coefficient (Wildman–Crippen LogP) is 2.44. The van der Waals surface area contributed by atoms with E-state index in [9.17, 15) is 13.2 Å². The summed E-state index contributed by atoms with van der Waals surface area (Å²) in [7, 11) is -2.32. The van der Waals surface area contributed by atoms with Crippen molar-refractivity contribution in [1.82, 2.24) is 0 Å². The first-order valence-corrected chi connectivity index (χ1v) is 8.99. The van der Waals surface area contributed by atoms with E-state index < -0.39 is 16.0 Å². The number of carbonyl (C=O) groups excluding carboxylic acids is 1. The van der Waals surface area contributed by atoms with Crippen LogP contribution < -0.4 is 14.2 Å². The van der Waals surface area contributed by atoms with E-state index in [1.165, 1.54) is 31.4 Å². The number of hydrogen-bond acceptors (Lipinski definition) is 6. The molecule has 0 aliphatic heterocycles. The first-order valence-electron chi connectivity index (χ1n) is 7.50. The topological polar surface area (TPSA) is 90.9 Å². The van der Waals surface area contributed by atoms with E-state index in [-0.39, 0.29) is 18.1 Å². The molecule has 8 heteroatoms. The molecule has 0 amide bonds. The third kappa shape index (κ3) is 5.12. The van der Waals surface area contributed by atoms with Crippen LogP contribution in [0.15, 0.2) is 53.4 Å². The van der Waals surface area contributed by atoms with Crippen LogP contribution in [0.3, 0.4) is 0 Å². The fraction of sp³-hybridized carbons (Fsp3) is 0.235. The van der Waals surface area contributed by atoms with Gasteiger partial charge in [-0.1, -0.05) is 12.1 Å². The van der Waals surface area contributed by atoms with E-state index in [0.717, 1.165) is 0 Å². The fourth-order valence-electron chi connectivity index (χ4n) is 1.99. The highest BCUT2D eigenvalue weighted by Gasteiger charge is 2.16. The third-order valence-corrected chi connectivity index (χ3v) is 4.53. The Bertz CT molecular complexity index is 817. The Labute approximate surface area is 146 Å². The molecule has 1 N–H and O–H groups in total. The number of hydrogen-bond donors (Lipinski definition) is 1. The van der Waals surface area contributed by atoms with Gasteiger partial charge in [-0.05, 0) is 43.3 Å². The van der Waals surface area contributed by atoms with Gasteiger partial charge in [0.15, 0.2) is 6.61 Å². The Hall–Kier alpha value is -2.74. The number of para-hydroxylation sites is 2. The summed E-state index contributed by atoms with van der Waals surface area (Å²) >= 11 is 0. The number of benzene rings is 2. The predicted molar refractivity (Wildman–Crippen MR) is 92.4 cm³/mol. The van der Waals surface area contributed by atoms with Gasteiger partial charge in [-0.2, -0.15) is 0 Å². The van der Waals surface area contributed by atoms with E-state index in [4.69, 9.17) is 14.2 Å². The summed E-state index contributed by atoms with van der Waals surface area (Å²) in [6.45, 7) is 1.74. The summed E-state index contributed by atoms with van der Waals surface area (Å²) in [5, 5.41) is 0. The van der Waals surface area contributed by atoms with Crippen molar-refractivity contribution in [3.63, 3.8) is 0 Å². The Kier molecular flexibility index (Phi) is 6.24. The average molecular weight is 365 g/mol. The normalized spacial score (nSPS) is 10.8. The highest BCUT2D eigenvalue weighted by molar-refractivity contribution is 7.92. The van der Waals surface area contributed by atoms with Crippen molar-refractivity contribution in [2.75, 3.05) is 25.0 Å². The maximum Gasteiger partial charge on any atom is 0.344 e. The summed E-state index contributed by atoms with van der Waals surface area (Å²) < 4.78 is 42.5. The second-order valence-corrected chi connectivity index (χ2v) is 6.55. The lowest BCUT2D eigenvalue weighted by Gasteiger charge is -2.12. The standard InChI is InChI=1S/C17H19NO6S/c1-3-23-17(19)12-24-13-8-10-14(11-9-13)25(20,21)18-15-6-4-5-7-16(15)22-2/h4-11,18H,3,12H2,1-2H3. The van der Waals surface area contributed by atoms with Gasteiger partial charge in [0.05, 0.1) is 24.3 Å². The molecule has 2 rings (SSSR count). The molecule has 2 aromatic carbocycles. The van der Waals surface area contributed by atoms with Crippen LogP contribution >= 0.6 is 0 Å². The monoisotopic (exact) mass is 365 g/mol.